The van der Waals surface area contributed by atoms with Gasteiger partial charge in [-0.3, -0.25) is 5.43 Å². The smallest absolute Gasteiger partial charge is 0.195 e. The van der Waals surface area contributed by atoms with Gasteiger partial charge in [0.05, 0.1) is 0 Å². The van der Waals surface area contributed by atoms with Crippen molar-refractivity contribution in [2.45, 2.75) is 20.1 Å². The van der Waals surface area contributed by atoms with Gasteiger partial charge >= 0.3 is 0 Å². The quantitative estimate of drug-likeness (QED) is 0.539. The van der Waals surface area contributed by atoms with Crippen molar-refractivity contribution in [1.82, 2.24) is 5.43 Å². The molecule has 1 unspecified atom stereocenters. The molecule has 1 rings (SSSR count). The van der Waals surface area contributed by atoms with Gasteiger partial charge in [-0.1, -0.05) is 13.8 Å². The van der Waals surface area contributed by atoms with Crippen molar-refractivity contribution < 1.29 is 4.74 Å². The second-order valence-electron chi connectivity index (χ2n) is 2.16. The zero-order valence-corrected chi connectivity index (χ0v) is 5.09. The minimum absolute atomic E-state index is 0.0926. The molecule has 0 saturated carbocycles. The van der Waals surface area contributed by atoms with Crippen LogP contribution in [0.1, 0.15) is 13.8 Å². The van der Waals surface area contributed by atoms with Gasteiger partial charge in [0.25, 0.3) is 0 Å². The summed E-state index contributed by atoms with van der Waals surface area (Å²) < 4.78 is 5.01. The normalized spacial score (nSPS) is 25.6. The van der Waals surface area contributed by atoms with E-state index < -0.39 is 0 Å². The van der Waals surface area contributed by atoms with Crippen molar-refractivity contribution in [3.05, 3.63) is 0 Å². The summed E-state index contributed by atoms with van der Waals surface area (Å²) in [7, 11) is 0. The first-order valence-electron chi connectivity index (χ1n) is 2.73. The first kappa shape index (κ1) is 5.41. The molecular weight excluding hydrogens is 104 g/mol. The predicted molar refractivity (Wildman–Crippen MR) is 31.3 cm³/mol. The van der Waals surface area contributed by atoms with E-state index in [0.717, 1.165) is 0 Å². The van der Waals surface area contributed by atoms with E-state index in [9.17, 15) is 0 Å². The second kappa shape index (κ2) is 2.03. The lowest BCUT2D eigenvalue weighted by molar-refractivity contribution is 0.142. The standard InChI is InChI=1S/C5H10N2O/c1-4(2)5-7-6-3-8-5/h3-5,7H,1-2H3. The van der Waals surface area contributed by atoms with E-state index in [1.165, 1.54) is 6.40 Å². The topological polar surface area (TPSA) is 33.6 Å². The molecule has 1 N–H and O–H groups in total. The van der Waals surface area contributed by atoms with Crippen LogP contribution >= 0.6 is 0 Å². The van der Waals surface area contributed by atoms with Crippen LogP contribution in [0.25, 0.3) is 0 Å². The Balaban J connectivity index is 2.29. The van der Waals surface area contributed by atoms with Gasteiger partial charge in [-0.2, -0.15) is 0 Å². The number of hydrogen-bond acceptors (Lipinski definition) is 3. The molecule has 0 saturated heterocycles. The maximum Gasteiger partial charge on any atom is 0.195 e. The molecule has 0 aromatic heterocycles. The van der Waals surface area contributed by atoms with Gasteiger partial charge in [0.1, 0.15) is 0 Å². The molecule has 0 fully saturated rings. The molecule has 1 atom stereocenters. The second-order valence-corrected chi connectivity index (χ2v) is 2.16. The maximum absolute atomic E-state index is 5.01. The molecule has 8 heavy (non-hydrogen) atoms. The number of hydrogen-bond donors (Lipinski definition) is 1. The molecule has 0 aromatic carbocycles. The summed E-state index contributed by atoms with van der Waals surface area (Å²) in [5.41, 5.74) is 2.80. The molecule has 0 radical (unpaired) electrons. The Bertz CT molecular complexity index is 92.6. The molecular formula is C5H10N2O. The summed E-state index contributed by atoms with van der Waals surface area (Å²) >= 11 is 0. The van der Waals surface area contributed by atoms with Crippen molar-refractivity contribution in [3.8, 4) is 0 Å². The van der Waals surface area contributed by atoms with Crippen molar-refractivity contribution >= 4 is 6.40 Å². The van der Waals surface area contributed by atoms with E-state index in [-0.39, 0.29) is 6.23 Å². The Labute approximate surface area is 48.7 Å². The Morgan fingerprint density at radius 2 is 2.50 bits per heavy atom. The lowest BCUT2D eigenvalue weighted by Crippen LogP contribution is -2.26. The first-order chi connectivity index (χ1) is 3.80. The summed E-state index contributed by atoms with van der Waals surface area (Å²) in [5.74, 6) is 0.484. The third-order valence-electron chi connectivity index (χ3n) is 1.07. The molecule has 0 bridgehead atoms. The van der Waals surface area contributed by atoms with Crippen LogP contribution in [0.15, 0.2) is 5.10 Å². The predicted octanol–water partition coefficient (Wildman–Crippen LogP) is 0.532. The number of ether oxygens (including phenoxy) is 1. The number of nitrogens with zero attached hydrogens (tertiary/aromatic N) is 1. The SMILES string of the molecule is CC(C)C1NN=CO1. The highest BCUT2D eigenvalue weighted by Crippen LogP contribution is 2.04. The Hall–Kier alpha value is -0.730. The maximum atomic E-state index is 5.01. The van der Waals surface area contributed by atoms with E-state index in [0.29, 0.717) is 5.92 Å². The Morgan fingerprint density at radius 3 is 2.75 bits per heavy atom. The minimum Gasteiger partial charge on any atom is -0.457 e. The van der Waals surface area contributed by atoms with Gasteiger partial charge < -0.3 is 4.74 Å². The zero-order chi connectivity index (χ0) is 5.98. The van der Waals surface area contributed by atoms with Crippen LogP contribution in [0.4, 0.5) is 0 Å². The van der Waals surface area contributed by atoms with Crippen LogP contribution < -0.4 is 5.43 Å². The van der Waals surface area contributed by atoms with Gasteiger partial charge in [-0.25, -0.2) is 0 Å². The van der Waals surface area contributed by atoms with Crippen molar-refractivity contribution in [2.75, 3.05) is 0 Å². The molecule has 3 nitrogen and oxygen atoms in total. The van der Waals surface area contributed by atoms with Crippen molar-refractivity contribution in [1.29, 1.82) is 0 Å². The summed E-state index contributed by atoms with van der Waals surface area (Å²) in [6.07, 6.45) is 1.53. The summed E-state index contributed by atoms with van der Waals surface area (Å²) in [5, 5.41) is 3.69. The first-order valence-corrected chi connectivity index (χ1v) is 2.73. The van der Waals surface area contributed by atoms with Crippen LogP contribution in [0.5, 0.6) is 0 Å². The van der Waals surface area contributed by atoms with Gasteiger partial charge in [-0.15, -0.1) is 5.10 Å². The van der Waals surface area contributed by atoms with Crippen LogP contribution in [0.3, 0.4) is 0 Å². The van der Waals surface area contributed by atoms with Crippen molar-refractivity contribution in [3.63, 3.8) is 0 Å². The van der Waals surface area contributed by atoms with Crippen LogP contribution in [-0.4, -0.2) is 12.6 Å². The van der Waals surface area contributed by atoms with Crippen molar-refractivity contribution in [2.24, 2.45) is 11.0 Å². The van der Waals surface area contributed by atoms with Gasteiger partial charge in [-0.05, 0) is 0 Å². The summed E-state index contributed by atoms with van der Waals surface area (Å²) in [6, 6.07) is 0. The Kier molecular flexibility index (Phi) is 1.37. The molecule has 46 valence electrons. The molecule has 0 spiro atoms. The molecule has 3 heteroatoms. The molecule has 0 aromatic rings. The van der Waals surface area contributed by atoms with Crippen LogP contribution in [0.2, 0.25) is 0 Å². The van der Waals surface area contributed by atoms with E-state index in [4.69, 9.17) is 4.74 Å². The Morgan fingerprint density at radius 1 is 1.75 bits per heavy atom. The average Bonchev–Trinajstić information content (AvgIpc) is 2.12. The molecule has 0 amide bonds. The molecule has 1 aliphatic heterocycles. The lowest BCUT2D eigenvalue weighted by Gasteiger charge is -2.11. The van der Waals surface area contributed by atoms with E-state index in [1.54, 1.807) is 0 Å². The van der Waals surface area contributed by atoms with E-state index in [1.807, 2.05) is 0 Å². The average molecular weight is 114 g/mol. The van der Waals surface area contributed by atoms with Gasteiger partial charge in [0, 0.05) is 5.92 Å². The fraction of sp³-hybridized carbons (Fsp3) is 0.800. The van der Waals surface area contributed by atoms with E-state index in [2.05, 4.69) is 24.4 Å². The zero-order valence-electron chi connectivity index (χ0n) is 5.09. The van der Waals surface area contributed by atoms with Crippen LogP contribution in [0, 0.1) is 5.92 Å². The minimum atomic E-state index is 0.0926. The number of hydrazone groups is 1. The summed E-state index contributed by atoms with van der Waals surface area (Å²) in [4.78, 5) is 0. The highest BCUT2D eigenvalue weighted by molar-refractivity contribution is 5.47. The third kappa shape index (κ3) is 0.911. The lowest BCUT2D eigenvalue weighted by atomic mass is 10.2. The third-order valence-corrected chi connectivity index (χ3v) is 1.07. The number of nitrogens with one attached hydrogen (secondary N) is 1. The highest BCUT2D eigenvalue weighted by Gasteiger charge is 2.14. The van der Waals surface area contributed by atoms with Crippen LogP contribution in [-0.2, 0) is 4.74 Å². The fourth-order valence-corrected chi connectivity index (χ4v) is 0.537. The van der Waals surface area contributed by atoms with E-state index >= 15 is 0 Å². The summed E-state index contributed by atoms with van der Waals surface area (Å²) in [6.45, 7) is 4.15. The monoisotopic (exact) mass is 114 g/mol. The largest absolute Gasteiger partial charge is 0.457 e. The van der Waals surface area contributed by atoms with Gasteiger partial charge in [0.2, 0.25) is 0 Å². The fourth-order valence-electron chi connectivity index (χ4n) is 0.537. The molecule has 1 aliphatic rings. The van der Waals surface area contributed by atoms with Gasteiger partial charge in [0.15, 0.2) is 12.6 Å². The highest BCUT2D eigenvalue weighted by atomic mass is 16.5. The molecule has 0 aliphatic carbocycles. The molecule has 1 heterocycles. The number of rotatable bonds is 1.